The molecule has 3 heterocycles. The Balaban J connectivity index is 1.32. The third kappa shape index (κ3) is 5.81. The predicted octanol–water partition coefficient (Wildman–Crippen LogP) is 5.55. The molecule has 0 saturated heterocycles. The maximum absolute atomic E-state index is 12.9. The Morgan fingerprint density at radius 1 is 1.05 bits per heavy atom. The maximum Gasteiger partial charge on any atom is 0.422 e. The van der Waals surface area contributed by atoms with Gasteiger partial charge in [-0.15, -0.1) is 0 Å². The molecule has 1 aliphatic rings. The lowest BCUT2D eigenvalue weighted by molar-refractivity contribution is -0.153. The Morgan fingerprint density at radius 3 is 2.46 bits per heavy atom. The second-order valence-corrected chi connectivity index (χ2v) is 8.78. The zero-order valence-corrected chi connectivity index (χ0v) is 21.0. The highest BCUT2D eigenvalue weighted by molar-refractivity contribution is 6.04. The molecule has 0 atom stereocenters. The van der Waals surface area contributed by atoms with Gasteiger partial charge in [0.2, 0.25) is 0 Å². The quantitative estimate of drug-likeness (QED) is 0.293. The summed E-state index contributed by atoms with van der Waals surface area (Å²) in [7, 11) is 3.06. The molecule has 13 heteroatoms. The molecule has 1 fully saturated rings. The van der Waals surface area contributed by atoms with Gasteiger partial charge in [0.25, 0.3) is 5.91 Å². The van der Waals surface area contributed by atoms with E-state index >= 15 is 0 Å². The van der Waals surface area contributed by atoms with E-state index in [0.29, 0.717) is 33.9 Å². The molecule has 4 aromatic rings. The van der Waals surface area contributed by atoms with Crippen molar-refractivity contribution in [2.75, 3.05) is 26.1 Å². The van der Waals surface area contributed by atoms with Crippen LogP contribution in [0.3, 0.4) is 0 Å². The van der Waals surface area contributed by atoms with Crippen molar-refractivity contribution in [2.45, 2.75) is 31.5 Å². The number of fused-ring (bicyclic) bond motifs is 1. The van der Waals surface area contributed by atoms with Crippen LogP contribution in [0.15, 0.2) is 48.9 Å². The standard InChI is InChI=1S/C26H24F3N5O5/c1-36-20-10-17-18(11-21(20)37-2)30-9-8-19(17)39-16-6-7-23(31-12-16)32-25(35)24-22(38-14-26(27,28)29)13-34(33-24)15-4-3-5-15/h6-13,15H,3-5,14H2,1-2H3,(H,31,32,35). The van der Waals surface area contributed by atoms with Crippen LogP contribution in [0.4, 0.5) is 19.0 Å². The molecule has 0 spiro atoms. The maximum atomic E-state index is 12.9. The Hall–Kier alpha value is -4.55. The molecule has 1 amide bonds. The van der Waals surface area contributed by atoms with E-state index in [-0.39, 0.29) is 23.3 Å². The Bertz CT molecular complexity index is 1490. The van der Waals surface area contributed by atoms with Crippen molar-refractivity contribution < 1.29 is 36.9 Å². The molecule has 1 N–H and O–H groups in total. The normalized spacial score (nSPS) is 13.6. The molecular weight excluding hydrogens is 519 g/mol. The lowest BCUT2D eigenvalue weighted by Gasteiger charge is -2.25. The van der Waals surface area contributed by atoms with Crippen LogP contribution < -0.4 is 24.3 Å². The number of hydrogen-bond acceptors (Lipinski definition) is 8. The van der Waals surface area contributed by atoms with Crippen molar-refractivity contribution in [3.8, 4) is 28.7 Å². The minimum absolute atomic E-state index is 0.0275. The zero-order valence-electron chi connectivity index (χ0n) is 21.0. The number of amides is 1. The lowest BCUT2D eigenvalue weighted by Crippen LogP contribution is -2.21. The topological polar surface area (TPSA) is 110 Å². The van der Waals surface area contributed by atoms with Crippen LogP contribution >= 0.6 is 0 Å². The van der Waals surface area contributed by atoms with Crippen LogP contribution in [0.5, 0.6) is 28.7 Å². The number of halogens is 3. The molecule has 204 valence electrons. The number of carbonyl (C=O) groups excluding carboxylic acids is 1. The van der Waals surface area contributed by atoms with Crippen LogP contribution in [0.2, 0.25) is 0 Å². The van der Waals surface area contributed by atoms with Gasteiger partial charge < -0.3 is 24.3 Å². The summed E-state index contributed by atoms with van der Waals surface area (Å²) in [6.07, 6.45) is 2.41. The van der Waals surface area contributed by atoms with Gasteiger partial charge in [0.1, 0.15) is 17.3 Å². The fourth-order valence-corrected chi connectivity index (χ4v) is 3.99. The molecule has 1 saturated carbocycles. The third-order valence-corrected chi connectivity index (χ3v) is 6.17. The average Bonchev–Trinajstić information content (AvgIpc) is 3.30. The van der Waals surface area contributed by atoms with Gasteiger partial charge in [-0.05, 0) is 43.5 Å². The molecule has 39 heavy (non-hydrogen) atoms. The second kappa shape index (κ2) is 10.7. The van der Waals surface area contributed by atoms with Gasteiger partial charge in [0.15, 0.2) is 29.5 Å². The Labute approximate surface area is 220 Å². The molecule has 5 rings (SSSR count). The van der Waals surface area contributed by atoms with Crippen molar-refractivity contribution >= 4 is 22.6 Å². The number of benzene rings is 1. The summed E-state index contributed by atoms with van der Waals surface area (Å²) in [4.78, 5) is 21.4. The number of hydrogen-bond donors (Lipinski definition) is 1. The van der Waals surface area contributed by atoms with Gasteiger partial charge in [0, 0.05) is 17.6 Å². The Kier molecular flexibility index (Phi) is 7.13. The van der Waals surface area contributed by atoms with E-state index in [4.69, 9.17) is 18.9 Å². The number of ether oxygens (including phenoxy) is 4. The molecule has 1 aliphatic carbocycles. The smallest absolute Gasteiger partial charge is 0.422 e. The van der Waals surface area contributed by atoms with Crippen molar-refractivity contribution in [3.05, 3.63) is 54.6 Å². The first kappa shape index (κ1) is 26.1. The summed E-state index contributed by atoms with van der Waals surface area (Å²) in [5.41, 5.74) is 0.382. The average molecular weight is 544 g/mol. The molecule has 3 aromatic heterocycles. The second-order valence-electron chi connectivity index (χ2n) is 8.78. The number of nitrogens with one attached hydrogen (secondary N) is 1. The first-order valence-electron chi connectivity index (χ1n) is 12.0. The third-order valence-electron chi connectivity index (χ3n) is 6.17. The number of aromatic nitrogens is 4. The number of methoxy groups -OCH3 is 2. The van der Waals surface area contributed by atoms with E-state index < -0.39 is 18.7 Å². The van der Waals surface area contributed by atoms with E-state index in [0.717, 1.165) is 19.3 Å². The minimum Gasteiger partial charge on any atom is -0.493 e. The van der Waals surface area contributed by atoms with Crippen molar-refractivity contribution in [1.82, 2.24) is 19.7 Å². The number of pyridine rings is 2. The highest BCUT2D eigenvalue weighted by atomic mass is 19.4. The fourth-order valence-electron chi connectivity index (χ4n) is 3.99. The highest BCUT2D eigenvalue weighted by Crippen LogP contribution is 2.37. The van der Waals surface area contributed by atoms with Gasteiger partial charge in [-0.25, -0.2) is 4.98 Å². The molecule has 0 bridgehead atoms. The number of carbonyl (C=O) groups is 1. The molecule has 1 aromatic carbocycles. The van der Waals surface area contributed by atoms with Crippen LogP contribution in [0, 0.1) is 0 Å². The van der Waals surface area contributed by atoms with Crippen LogP contribution in [0.25, 0.3) is 10.9 Å². The Morgan fingerprint density at radius 2 is 1.82 bits per heavy atom. The van der Waals surface area contributed by atoms with Gasteiger partial charge in [-0.3, -0.25) is 14.5 Å². The van der Waals surface area contributed by atoms with E-state index in [2.05, 4.69) is 20.4 Å². The molecule has 0 unspecified atom stereocenters. The summed E-state index contributed by atoms with van der Waals surface area (Å²) in [6.45, 7) is -1.53. The van der Waals surface area contributed by atoms with Crippen LogP contribution in [-0.2, 0) is 0 Å². The van der Waals surface area contributed by atoms with E-state index in [1.807, 2.05) is 0 Å². The first-order chi connectivity index (χ1) is 18.7. The van der Waals surface area contributed by atoms with Gasteiger partial charge in [-0.1, -0.05) is 0 Å². The molecule has 10 nitrogen and oxygen atoms in total. The van der Waals surface area contributed by atoms with Gasteiger partial charge in [0.05, 0.1) is 38.2 Å². The van der Waals surface area contributed by atoms with Gasteiger partial charge >= 0.3 is 6.18 Å². The molecular formula is C26H24F3N5O5. The lowest BCUT2D eigenvalue weighted by atomic mass is 9.93. The van der Waals surface area contributed by atoms with Crippen molar-refractivity contribution in [1.29, 1.82) is 0 Å². The highest BCUT2D eigenvalue weighted by Gasteiger charge is 2.31. The number of alkyl halides is 3. The summed E-state index contributed by atoms with van der Waals surface area (Å²) in [5, 5.41) is 7.42. The largest absolute Gasteiger partial charge is 0.493 e. The minimum atomic E-state index is -4.55. The first-order valence-corrected chi connectivity index (χ1v) is 12.0. The van der Waals surface area contributed by atoms with Crippen molar-refractivity contribution in [2.24, 2.45) is 0 Å². The number of nitrogens with zero attached hydrogens (tertiary/aromatic N) is 4. The van der Waals surface area contributed by atoms with Crippen molar-refractivity contribution in [3.63, 3.8) is 0 Å². The van der Waals surface area contributed by atoms with E-state index in [1.165, 1.54) is 37.4 Å². The predicted molar refractivity (Wildman–Crippen MR) is 134 cm³/mol. The number of anilines is 1. The van der Waals surface area contributed by atoms with E-state index in [1.54, 1.807) is 30.5 Å². The summed E-state index contributed by atoms with van der Waals surface area (Å²) >= 11 is 0. The fraction of sp³-hybridized carbons (Fsp3) is 0.308. The van der Waals surface area contributed by atoms with E-state index in [9.17, 15) is 18.0 Å². The van der Waals surface area contributed by atoms with Crippen LogP contribution in [0.1, 0.15) is 35.8 Å². The summed E-state index contributed by atoms with van der Waals surface area (Å²) < 4.78 is 61.2. The monoisotopic (exact) mass is 543 g/mol. The summed E-state index contributed by atoms with van der Waals surface area (Å²) in [6, 6.07) is 8.28. The molecule has 0 radical (unpaired) electrons. The zero-order chi connectivity index (χ0) is 27.6. The SMILES string of the molecule is COc1cc2nccc(Oc3ccc(NC(=O)c4nn(C5CCC5)cc4OCC(F)(F)F)nc3)c2cc1OC. The number of rotatable bonds is 9. The summed E-state index contributed by atoms with van der Waals surface area (Å²) in [5.74, 6) is 1.07. The van der Waals surface area contributed by atoms with Crippen LogP contribution in [-0.4, -0.2) is 52.7 Å². The van der Waals surface area contributed by atoms with Gasteiger partial charge in [-0.2, -0.15) is 18.3 Å². The molecule has 0 aliphatic heterocycles.